The van der Waals surface area contributed by atoms with Gasteiger partial charge in [-0.25, -0.2) is 0 Å². The van der Waals surface area contributed by atoms with Crippen molar-refractivity contribution in [1.29, 1.82) is 0 Å². The van der Waals surface area contributed by atoms with Crippen LogP contribution in [-0.4, -0.2) is 26.2 Å². The molecule has 1 heterocycles. The van der Waals surface area contributed by atoms with Gasteiger partial charge < -0.3 is 24.5 Å². The van der Waals surface area contributed by atoms with Gasteiger partial charge in [-0.1, -0.05) is 24.3 Å². The number of ether oxygens (including phenoxy) is 2. The SMILES string of the molecule is CCNC(=O)COc1ccc(CNC(C)c2oc3ccccc3c2C)cc1OC. The van der Waals surface area contributed by atoms with E-state index in [4.69, 9.17) is 13.9 Å². The normalized spacial score (nSPS) is 12.0. The van der Waals surface area contributed by atoms with Crippen molar-refractivity contribution in [2.24, 2.45) is 0 Å². The van der Waals surface area contributed by atoms with Crippen LogP contribution >= 0.6 is 0 Å². The summed E-state index contributed by atoms with van der Waals surface area (Å²) in [5, 5.41) is 7.35. The van der Waals surface area contributed by atoms with Crippen molar-refractivity contribution in [3.8, 4) is 11.5 Å². The molecular formula is C23H28N2O4. The monoisotopic (exact) mass is 396 g/mol. The first-order valence-corrected chi connectivity index (χ1v) is 9.81. The van der Waals surface area contributed by atoms with E-state index in [9.17, 15) is 4.79 Å². The van der Waals surface area contributed by atoms with Crippen molar-refractivity contribution in [3.05, 3.63) is 59.4 Å². The van der Waals surface area contributed by atoms with Gasteiger partial charge in [0.1, 0.15) is 11.3 Å². The molecule has 3 aromatic rings. The van der Waals surface area contributed by atoms with Gasteiger partial charge in [-0.05, 0) is 50.1 Å². The molecule has 6 nitrogen and oxygen atoms in total. The van der Waals surface area contributed by atoms with Crippen molar-refractivity contribution in [2.75, 3.05) is 20.3 Å². The van der Waals surface area contributed by atoms with Crippen LogP contribution in [0.15, 0.2) is 46.9 Å². The Morgan fingerprint density at radius 1 is 1.17 bits per heavy atom. The maximum Gasteiger partial charge on any atom is 0.257 e. The van der Waals surface area contributed by atoms with Crippen molar-refractivity contribution in [1.82, 2.24) is 10.6 Å². The van der Waals surface area contributed by atoms with Crippen molar-refractivity contribution < 1.29 is 18.7 Å². The van der Waals surface area contributed by atoms with Crippen LogP contribution in [0.5, 0.6) is 11.5 Å². The lowest BCUT2D eigenvalue weighted by molar-refractivity contribution is -0.123. The highest BCUT2D eigenvalue weighted by Gasteiger charge is 2.16. The van der Waals surface area contributed by atoms with E-state index in [0.29, 0.717) is 24.6 Å². The van der Waals surface area contributed by atoms with Crippen LogP contribution in [0.2, 0.25) is 0 Å². The molecule has 0 spiro atoms. The average molecular weight is 396 g/mol. The Kier molecular flexibility index (Phi) is 6.77. The van der Waals surface area contributed by atoms with Crippen molar-refractivity contribution >= 4 is 16.9 Å². The number of carbonyl (C=O) groups is 1. The number of amides is 1. The number of para-hydroxylation sites is 1. The summed E-state index contributed by atoms with van der Waals surface area (Å²) >= 11 is 0. The second-order valence-electron chi connectivity index (χ2n) is 6.92. The molecule has 1 atom stereocenters. The fourth-order valence-corrected chi connectivity index (χ4v) is 3.30. The number of likely N-dealkylation sites (N-methyl/N-ethyl adjacent to an activating group) is 1. The van der Waals surface area contributed by atoms with Crippen LogP contribution in [-0.2, 0) is 11.3 Å². The van der Waals surface area contributed by atoms with Gasteiger partial charge in [0.15, 0.2) is 18.1 Å². The first-order valence-electron chi connectivity index (χ1n) is 9.81. The van der Waals surface area contributed by atoms with Gasteiger partial charge >= 0.3 is 0 Å². The standard InChI is InChI=1S/C23H28N2O4/c1-5-24-22(26)14-28-20-11-10-17(12-21(20)27-4)13-25-16(3)23-15(2)18-8-6-7-9-19(18)29-23/h6-12,16,25H,5,13-14H2,1-4H3,(H,24,26). The second-order valence-corrected chi connectivity index (χ2v) is 6.92. The third kappa shape index (κ3) is 4.90. The van der Waals surface area contributed by atoms with Crippen LogP contribution < -0.4 is 20.1 Å². The molecule has 2 N–H and O–H groups in total. The molecule has 0 saturated heterocycles. The van der Waals surface area contributed by atoms with E-state index >= 15 is 0 Å². The van der Waals surface area contributed by atoms with Crippen LogP contribution in [0.1, 0.15) is 36.8 Å². The summed E-state index contributed by atoms with van der Waals surface area (Å²) in [6.07, 6.45) is 0. The van der Waals surface area contributed by atoms with Gasteiger partial charge in [0.25, 0.3) is 5.91 Å². The number of benzene rings is 2. The molecule has 29 heavy (non-hydrogen) atoms. The van der Waals surface area contributed by atoms with E-state index in [-0.39, 0.29) is 18.6 Å². The van der Waals surface area contributed by atoms with Gasteiger partial charge in [-0.3, -0.25) is 4.79 Å². The Hall–Kier alpha value is -2.99. The van der Waals surface area contributed by atoms with E-state index in [2.05, 4.69) is 30.5 Å². The molecule has 1 amide bonds. The number of nitrogens with one attached hydrogen (secondary N) is 2. The Morgan fingerprint density at radius 2 is 1.97 bits per heavy atom. The summed E-state index contributed by atoms with van der Waals surface area (Å²) in [5.74, 6) is 1.93. The molecule has 6 heteroatoms. The van der Waals surface area contributed by atoms with Crippen LogP contribution in [0.4, 0.5) is 0 Å². The molecular weight excluding hydrogens is 368 g/mol. The number of methoxy groups -OCH3 is 1. The fraction of sp³-hybridized carbons (Fsp3) is 0.348. The molecule has 0 fully saturated rings. The quantitative estimate of drug-likeness (QED) is 0.569. The van der Waals surface area contributed by atoms with Crippen molar-refractivity contribution in [2.45, 2.75) is 33.4 Å². The predicted octanol–water partition coefficient (Wildman–Crippen LogP) is 4.12. The average Bonchev–Trinajstić information content (AvgIpc) is 3.08. The number of fused-ring (bicyclic) bond motifs is 1. The maximum atomic E-state index is 11.6. The smallest absolute Gasteiger partial charge is 0.257 e. The maximum absolute atomic E-state index is 11.6. The summed E-state index contributed by atoms with van der Waals surface area (Å²) in [4.78, 5) is 11.6. The molecule has 2 aromatic carbocycles. The Balaban J connectivity index is 1.65. The minimum Gasteiger partial charge on any atom is -0.493 e. The van der Waals surface area contributed by atoms with E-state index in [1.54, 1.807) is 7.11 Å². The number of rotatable bonds is 9. The Labute approximate surface area is 171 Å². The van der Waals surface area contributed by atoms with E-state index in [0.717, 1.165) is 27.9 Å². The van der Waals surface area contributed by atoms with Crippen molar-refractivity contribution in [3.63, 3.8) is 0 Å². The third-order valence-electron chi connectivity index (χ3n) is 4.85. The first-order chi connectivity index (χ1) is 14.0. The molecule has 0 aliphatic rings. The summed E-state index contributed by atoms with van der Waals surface area (Å²) in [6, 6.07) is 13.8. The largest absolute Gasteiger partial charge is 0.493 e. The highest BCUT2D eigenvalue weighted by molar-refractivity contribution is 5.82. The van der Waals surface area contributed by atoms with Gasteiger partial charge in [-0.15, -0.1) is 0 Å². The van der Waals surface area contributed by atoms with E-state index in [1.165, 1.54) is 0 Å². The van der Waals surface area contributed by atoms with Crippen LogP contribution in [0, 0.1) is 6.92 Å². The number of hydrogen-bond acceptors (Lipinski definition) is 5. The molecule has 0 saturated carbocycles. The number of hydrogen-bond donors (Lipinski definition) is 2. The van der Waals surface area contributed by atoms with Gasteiger partial charge in [0.05, 0.1) is 13.2 Å². The number of aryl methyl sites for hydroxylation is 1. The molecule has 3 rings (SSSR count). The lowest BCUT2D eigenvalue weighted by Crippen LogP contribution is -2.28. The molecule has 1 aromatic heterocycles. The first kappa shape index (κ1) is 20.7. The molecule has 0 aliphatic carbocycles. The zero-order valence-electron chi connectivity index (χ0n) is 17.4. The summed E-state index contributed by atoms with van der Waals surface area (Å²) in [6.45, 7) is 7.23. The van der Waals surface area contributed by atoms with Gasteiger partial charge in [0, 0.05) is 18.5 Å². The van der Waals surface area contributed by atoms with Gasteiger partial charge in [0.2, 0.25) is 0 Å². The van der Waals surface area contributed by atoms with Crippen LogP contribution in [0.3, 0.4) is 0 Å². The lowest BCUT2D eigenvalue weighted by atomic mass is 10.1. The predicted molar refractivity (Wildman–Crippen MR) is 113 cm³/mol. The lowest BCUT2D eigenvalue weighted by Gasteiger charge is -2.15. The molecule has 0 aliphatic heterocycles. The second kappa shape index (κ2) is 9.47. The zero-order chi connectivity index (χ0) is 20.8. The summed E-state index contributed by atoms with van der Waals surface area (Å²) < 4.78 is 17.0. The molecule has 0 radical (unpaired) electrons. The highest BCUT2D eigenvalue weighted by atomic mass is 16.5. The fourth-order valence-electron chi connectivity index (χ4n) is 3.30. The highest BCUT2D eigenvalue weighted by Crippen LogP contribution is 2.30. The minimum atomic E-state index is -0.157. The summed E-state index contributed by atoms with van der Waals surface area (Å²) in [7, 11) is 1.59. The topological polar surface area (TPSA) is 72.7 Å². The molecule has 1 unspecified atom stereocenters. The number of carbonyl (C=O) groups excluding carboxylic acids is 1. The molecule has 154 valence electrons. The van der Waals surface area contributed by atoms with E-state index in [1.807, 2.05) is 43.3 Å². The number of furan rings is 1. The minimum absolute atomic E-state index is 0.0375. The Bertz CT molecular complexity index is 980. The molecule has 0 bridgehead atoms. The Morgan fingerprint density at radius 3 is 2.69 bits per heavy atom. The van der Waals surface area contributed by atoms with Crippen LogP contribution in [0.25, 0.3) is 11.0 Å². The third-order valence-corrected chi connectivity index (χ3v) is 4.85. The van der Waals surface area contributed by atoms with Gasteiger partial charge in [-0.2, -0.15) is 0 Å². The van der Waals surface area contributed by atoms with E-state index < -0.39 is 0 Å². The summed E-state index contributed by atoms with van der Waals surface area (Å²) in [5.41, 5.74) is 3.11. The zero-order valence-corrected chi connectivity index (χ0v) is 17.4.